The van der Waals surface area contributed by atoms with Gasteiger partial charge in [-0.15, -0.1) is 0 Å². The highest BCUT2D eigenvalue weighted by Crippen LogP contribution is 2.39. The van der Waals surface area contributed by atoms with Gasteiger partial charge in [-0.2, -0.15) is 0 Å². The van der Waals surface area contributed by atoms with Gasteiger partial charge in [0, 0.05) is 11.1 Å². The van der Waals surface area contributed by atoms with Crippen molar-refractivity contribution in [3.63, 3.8) is 0 Å². The van der Waals surface area contributed by atoms with Gasteiger partial charge in [-0.25, -0.2) is 0 Å². The Labute approximate surface area is 154 Å². The predicted molar refractivity (Wildman–Crippen MR) is 109 cm³/mol. The van der Waals surface area contributed by atoms with Crippen molar-refractivity contribution in [1.82, 2.24) is 0 Å². The molecule has 0 aromatic heterocycles. The zero-order valence-electron chi connectivity index (χ0n) is 17.3. The van der Waals surface area contributed by atoms with Gasteiger partial charge < -0.3 is 4.74 Å². The fourth-order valence-electron chi connectivity index (χ4n) is 3.06. The third-order valence-corrected chi connectivity index (χ3v) is 4.74. The Morgan fingerprint density at radius 2 is 1.00 bits per heavy atom. The Kier molecular flexibility index (Phi) is 5.66. The van der Waals surface area contributed by atoms with E-state index >= 15 is 0 Å². The van der Waals surface area contributed by atoms with Crippen molar-refractivity contribution >= 4 is 0 Å². The summed E-state index contributed by atoms with van der Waals surface area (Å²) in [5.74, 6) is 1.94. The first-order chi connectivity index (χ1) is 11.6. The lowest BCUT2D eigenvalue weighted by molar-refractivity contribution is 0.435. The van der Waals surface area contributed by atoms with Crippen molar-refractivity contribution in [1.29, 1.82) is 0 Å². The highest BCUT2D eigenvalue weighted by Gasteiger charge is 2.23. The average molecular weight is 339 g/mol. The third kappa shape index (κ3) is 4.66. The molecule has 2 aromatic rings. The smallest absolute Gasteiger partial charge is 0.131 e. The van der Waals surface area contributed by atoms with Crippen LogP contribution in [-0.2, 0) is 23.7 Å². The number of benzene rings is 2. The predicted octanol–water partition coefficient (Wildman–Crippen LogP) is 7.20. The molecule has 0 atom stereocenters. The fourth-order valence-corrected chi connectivity index (χ4v) is 3.06. The van der Waals surface area contributed by atoms with Gasteiger partial charge in [0.1, 0.15) is 11.5 Å². The van der Waals surface area contributed by atoms with Gasteiger partial charge in [-0.3, -0.25) is 0 Å². The molecule has 0 aliphatic carbocycles. The summed E-state index contributed by atoms with van der Waals surface area (Å²) in [7, 11) is 0. The Morgan fingerprint density at radius 1 is 0.640 bits per heavy atom. The largest absolute Gasteiger partial charge is 0.457 e. The van der Waals surface area contributed by atoms with Crippen LogP contribution in [0.2, 0.25) is 0 Å². The first-order valence-electron chi connectivity index (χ1n) is 9.51. The summed E-state index contributed by atoms with van der Waals surface area (Å²) in [4.78, 5) is 0. The minimum atomic E-state index is 0.0474. The average Bonchev–Trinajstić information content (AvgIpc) is 2.53. The second-order valence-corrected chi connectivity index (χ2v) is 8.97. The lowest BCUT2D eigenvalue weighted by Crippen LogP contribution is -2.15. The minimum Gasteiger partial charge on any atom is -0.457 e. The molecule has 0 spiro atoms. The molecule has 0 aliphatic heterocycles. The Balaban J connectivity index is 2.53. The zero-order chi connectivity index (χ0) is 18.8. The summed E-state index contributed by atoms with van der Waals surface area (Å²) in [5, 5.41) is 0. The van der Waals surface area contributed by atoms with E-state index in [1.54, 1.807) is 0 Å². The standard InChI is InChI=1S/C24H34O/c1-9-17-11-13-21(19(15-17)23(3,4)5)25-22-14-12-18(10-2)16-20(22)24(6,7)8/h11-16H,9-10H2,1-8H3. The molecule has 0 saturated heterocycles. The lowest BCUT2D eigenvalue weighted by Gasteiger charge is -2.27. The van der Waals surface area contributed by atoms with E-state index in [1.807, 2.05) is 0 Å². The second kappa shape index (κ2) is 7.23. The molecule has 0 amide bonds. The van der Waals surface area contributed by atoms with Crippen LogP contribution in [0, 0.1) is 0 Å². The molecular weight excluding hydrogens is 304 g/mol. The van der Waals surface area contributed by atoms with Crippen molar-refractivity contribution in [3.05, 3.63) is 58.7 Å². The van der Waals surface area contributed by atoms with Crippen LogP contribution in [-0.4, -0.2) is 0 Å². The summed E-state index contributed by atoms with van der Waals surface area (Å²) < 4.78 is 6.49. The van der Waals surface area contributed by atoms with E-state index in [9.17, 15) is 0 Å². The van der Waals surface area contributed by atoms with E-state index < -0.39 is 0 Å². The van der Waals surface area contributed by atoms with Crippen LogP contribution in [0.4, 0.5) is 0 Å². The van der Waals surface area contributed by atoms with Crippen molar-refractivity contribution in [2.24, 2.45) is 0 Å². The van der Waals surface area contributed by atoms with Crippen LogP contribution in [0.5, 0.6) is 11.5 Å². The van der Waals surface area contributed by atoms with Crippen molar-refractivity contribution in [2.45, 2.75) is 79.1 Å². The second-order valence-electron chi connectivity index (χ2n) is 8.97. The molecule has 0 unspecified atom stereocenters. The van der Waals surface area contributed by atoms with Crippen LogP contribution in [0.25, 0.3) is 0 Å². The molecule has 0 radical (unpaired) electrons. The van der Waals surface area contributed by atoms with Gasteiger partial charge in [0.25, 0.3) is 0 Å². The van der Waals surface area contributed by atoms with E-state index in [2.05, 4.69) is 91.8 Å². The van der Waals surface area contributed by atoms with E-state index in [0.717, 1.165) is 24.3 Å². The summed E-state index contributed by atoms with van der Waals surface area (Å²) in [5.41, 5.74) is 5.35. The quantitative estimate of drug-likeness (QED) is 0.573. The Hall–Kier alpha value is -1.76. The Morgan fingerprint density at radius 3 is 1.28 bits per heavy atom. The molecule has 25 heavy (non-hydrogen) atoms. The molecule has 1 heteroatoms. The zero-order valence-corrected chi connectivity index (χ0v) is 17.3. The maximum atomic E-state index is 6.49. The summed E-state index contributed by atoms with van der Waals surface area (Å²) in [6.07, 6.45) is 2.09. The van der Waals surface area contributed by atoms with Gasteiger partial charge in [0.15, 0.2) is 0 Å². The molecule has 0 N–H and O–H groups in total. The number of hydrogen-bond donors (Lipinski definition) is 0. The molecule has 0 bridgehead atoms. The molecule has 1 nitrogen and oxygen atoms in total. The number of hydrogen-bond acceptors (Lipinski definition) is 1. The lowest BCUT2D eigenvalue weighted by atomic mass is 9.84. The molecule has 2 aromatic carbocycles. The number of aryl methyl sites for hydroxylation is 2. The van der Waals surface area contributed by atoms with Crippen LogP contribution in [0.15, 0.2) is 36.4 Å². The summed E-state index contributed by atoms with van der Waals surface area (Å²) in [6, 6.07) is 13.2. The molecular formula is C24H34O. The minimum absolute atomic E-state index is 0.0474. The van der Waals surface area contributed by atoms with Crippen LogP contribution >= 0.6 is 0 Å². The van der Waals surface area contributed by atoms with Crippen LogP contribution in [0.3, 0.4) is 0 Å². The van der Waals surface area contributed by atoms with Gasteiger partial charge in [0.05, 0.1) is 0 Å². The van der Waals surface area contributed by atoms with Gasteiger partial charge in [-0.05, 0) is 46.9 Å². The van der Waals surface area contributed by atoms with E-state index in [-0.39, 0.29) is 10.8 Å². The van der Waals surface area contributed by atoms with Crippen LogP contribution in [0.1, 0.15) is 77.6 Å². The SMILES string of the molecule is CCc1ccc(Oc2ccc(CC)cc2C(C)(C)C)c(C(C)(C)C)c1. The maximum Gasteiger partial charge on any atom is 0.131 e. The molecule has 2 rings (SSSR count). The van der Waals surface area contributed by atoms with E-state index in [0.29, 0.717) is 0 Å². The monoisotopic (exact) mass is 338 g/mol. The fraction of sp³-hybridized carbons (Fsp3) is 0.500. The number of rotatable bonds is 4. The topological polar surface area (TPSA) is 9.23 Å². The maximum absolute atomic E-state index is 6.49. The van der Waals surface area contributed by atoms with Crippen LogP contribution < -0.4 is 4.74 Å². The van der Waals surface area contributed by atoms with Crippen molar-refractivity contribution in [2.75, 3.05) is 0 Å². The van der Waals surface area contributed by atoms with Gasteiger partial charge in [0.2, 0.25) is 0 Å². The highest BCUT2D eigenvalue weighted by atomic mass is 16.5. The normalized spacial score (nSPS) is 12.3. The molecule has 136 valence electrons. The van der Waals surface area contributed by atoms with Crippen molar-refractivity contribution in [3.8, 4) is 11.5 Å². The summed E-state index contributed by atoms with van der Waals surface area (Å²) >= 11 is 0. The van der Waals surface area contributed by atoms with E-state index in [4.69, 9.17) is 4.74 Å². The highest BCUT2D eigenvalue weighted by molar-refractivity contribution is 5.48. The van der Waals surface area contributed by atoms with Gasteiger partial charge in [-0.1, -0.05) is 79.7 Å². The molecule has 0 aliphatic rings. The third-order valence-electron chi connectivity index (χ3n) is 4.74. The van der Waals surface area contributed by atoms with Gasteiger partial charge >= 0.3 is 0 Å². The van der Waals surface area contributed by atoms with Crippen molar-refractivity contribution < 1.29 is 4.74 Å². The Bertz CT molecular complexity index is 663. The number of ether oxygens (including phenoxy) is 1. The summed E-state index contributed by atoms with van der Waals surface area (Å²) in [6.45, 7) is 17.9. The molecule has 0 saturated carbocycles. The first kappa shape index (κ1) is 19.6. The first-order valence-corrected chi connectivity index (χ1v) is 9.51. The van der Waals surface area contributed by atoms with E-state index in [1.165, 1.54) is 22.3 Å². The molecule has 0 heterocycles. The molecule has 0 fully saturated rings.